The summed E-state index contributed by atoms with van der Waals surface area (Å²) in [5, 5.41) is 3.04. The minimum absolute atomic E-state index is 0.175. The number of hydrogen-bond acceptors (Lipinski definition) is 4. The number of rotatable bonds is 4. The van der Waals surface area contributed by atoms with Gasteiger partial charge in [-0.05, 0) is 5.92 Å². The van der Waals surface area contributed by atoms with Gasteiger partial charge in [0.2, 0.25) is 0 Å². The molecule has 0 aliphatic rings. The van der Waals surface area contributed by atoms with E-state index in [0.29, 0.717) is 0 Å². The highest BCUT2D eigenvalue weighted by atomic mass is 16.1. The fourth-order valence-corrected chi connectivity index (χ4v) is 0.924. The van der Waals surface area contributed by atoms with Crippen molar-refractivity contribution < 1.29 is 4.79 Å². The Morgan fingerprint density at radius 1 is 1.38 bits per heavy atom. The fraction of sp³-hybridized carbons (Fsp3) is 0.444. The van der Waals surface area contributed by atoms with Gasteiger partial charge < -0.3 is 10.1 Å². The minimum Gasteiger partial charge on any atom is -0.373 e. The molecule has 1 aromatic heterocycles. The van der Waals surface area contributed by atoms with Crippen LogP contribution in [-0.4, -0.2) is 22.3 Å². The van der Waals surface area contributed by atoms with Crippen LogP contribution in [0.25, 0.3) is 0 Å². The van der Waals surface area contributed by atoms with Crippen molar-refractivity contribution in [3.05, 3.63) is 18.7 Å². The van der Waals surface area contributed by atoms with Crippen LogP contribution in [0.3, 0.4) is 0 Å². The van der Waals surface area contributed by atoms with E-state index in [0.717, 1.165) is 12.0 Å². The smallest absolute Gasteiger partial charge is 0.142 e. The molecule has 13 heavy (non-hydrogen) atoms. The number of carbonyl (C=O) groups is 1. The second-order valence-corrected chi connectivity index (χ2v) is 3.18. The first-order valence-corrected chi connectivity index (χ1v) is 4.21. The first-order valence-electron chi connectivity index (χ1n) is 4.21. The molecule has 0 fully saturated rings. The van der Waals surface area contributed by atoms with E-state index in [1.54, 1.807) is 12.4 Å². The summed E-state index contributed by atoms with van der Waals surface area (Å²) in [7, 11) is 0. The Kier molecular flexibility index (Phi) is 3.37. The summed E-state index contributed by atoms with van der Waals surface area (Å²) in [6, 6.07) is -0.175. The molecule has 4 nitrogen and oxygen atoms in total. The van der Waals surface area contributed by atoms with Crippen LogP contribution in [0.4, 0.5) is 5.69 Å². The van der Waals surface area contributed by atoms with Gasteiger partial charge >= 0.3 is 0 Å². The summed E-state index contributed by atoms with van der Waals surface area (Å²) in [6.45, 7) is 3.96. The molecule has 4 heteroatoms. The average Bonchev–Trinajstić information content (AvgIpc) is 2.15. The molecule has 0 aliphatic heterocycles. The van der Waals surface area contributed by atoms with Gasteiger partial charge in [-0.25, -0.2) is 9.97 Å². The number of aldehydes is 1. The van der Waals surface area contributed by atoms with Crippen molar-refractivity contribution in [2.24, 2.45) is 5.92 Å². The van der Waals surface area contributed by atoms with Crippen molar-refractivity contribution in [3.63, 3.8) is 0 Å². The van der Waals surface area contributed by atoms with Gasteiger partial charge in [-0.3, -0.25) is 0 Å². The van der Waals surface area contributed by atoms with E-state index < -0.39 is 0 Å². The third-order valence-corrected chi connectivity index (χ3v) is 1.76. The molecular weight excluding hydrogens is 166 g/mol. The fourth-order valence-electron chi connectivity index (χ4n) is 0.924. The van der Waals surface area contributed by atoms with Crippen LogP contribution in [0, 0.1) is 5.92 Å². The zero-order valence-corrected chi connectivity index (χ0v) is 7.77. The largest absolute Gasteiger partial charge is 0.373 e. The molecule has 70 valence electrons. The van der Waals surface area contributed by atoms with Crippen molar-refractivity contribution in [1.82, 2.24) is 9.97 Å². The Morgan fingerprint density at radius 2 is 2.00 bits per heavy atom. The molecule has 1 heterocycles. The molecule has 0 saturated heterocycles. The summed E-state index contributed by atoms with van der Waals surface area (Å²) in [6.07, 6.45) is 5.64. The summed E-state index contributed by atoms with van der Waals surface area (Å²) in [5.74, 6) is 0.262. The Balaban J connectivity index is 2.62. The zero-order valence-electron chi connectivity index (χ0n) is 7.77. The van der Waals surface area contributed by atoms with E-state index in [2.05, 4.69) is 15.3 Å². The Labute approximate surface area is 77.4 Å². The molecule has 0 saturated carbocycles. The summed E-state index contributed by atoms with van der Waals surface area (Å²) < 4.78 is 0. The Hall–Kier alpha value is -1.45. The molecule has 1 rings (SSSR count). The van der Waals surface area contributed by atoms with Crippen LogP contribution in [0.5, 0.6) is 0 Å². The maximum Gasteiger partial charge on any atom is 0.142 e. The molecule has 0 bridgehead atoms. The molecule has 0 spiro atoms. The van der Waals surface area contributed by atoms with E-state index in [4.69, 9.17) is 0 Å². The van der Waals surface area contributed by atoms with Crippen LogP contribution in [0.15, 0.2) is 18.7 Å². The number of nitrogens with zero attached hydrogens (tertiary/aromatic N) is 2. The van der Waals surface area contributed by atoms with E-state index >= 15 is 0 Å². The predicted molar refractivity (Wildman–Crippen MR) is 50.3 cm³/mol. The van der Waals surface area contributed by atoms with Gasteiger partial charge in [-0.1, -0.05) is 13.8 Å². The van der Waals surface area contributed by atoms with Gasteiger partial charge in [-0.2, -0.15) is 0 Å². The number of carbonyl (C=O) groups excluding carboxylic acids is 1. The molecule has 0 radical (unpaired) electrons. The highest BCUT2D eigenvalue weighted by Crippen LogP contribution is 2.07. The van der Waals surface area contributed by atoms with Gasteiger partial charge in [0.15, 0.2) is 0 Å². The van der Waals surface area contributed by atoms with Gasteiger partial charge in [0.05, 0.1) is 24.1 Å². The lowest BCUT2D eigenvalue weighted by molar-refractivity contribution is -0.109. The topological polar surface area (TPSA) is 54.9 Å². The molecule has 1 aromatic rings. The SMILES string of the molecule is CC(C)C(C=O)Nc1cncnc1. The van der Waals surface area contributed by atoms with Crippen LogP contribution in [-0.2, 0) is 4.79 Å². The molecule has 1 atom stereocenters. The molecule has 1 unspecified atom stereocenters. The quantitative estimate of drug-likeness (QED) is 0.703. The predicted octanol–water partition coefficient (Wildman–Crippen LogP) is 1.11. The summed E-state index contributed by atoms with van der Waals surface area (Å²) >= 11 is 0. The van der Waals surface area contributed by atoms with Crippen LogP contribution < -0.4 is 5.32 Å². The van der Waals surface area contributed by atoms with Crippen molar-refractivity contribution in [2.45, 2.75) is 19.9 Å². The van der Waals surface area contributed by atoms with Crippen molar-refractivity contribution >= 4 is 12.0 Å². The number of hydrogen-bond donors (Lipinski definition) is 1. The second-order valence-electron chi connectivity index (χ2n) is 3.18. The first-order chi connectivity index (χ1) is 6.24. The van der Waals surface area contributed by atoms with Gasteiger partial charge in [0.25, 0.3) is 0 Å². The highest BCUT2D eigenvalue weighted by molar-refractivity contribution is 5.64. The van der Waals surface area contributed by atoms with Crippen LogP contribution in [0.2, 0.25) is 0 Å². The summed E-state index contributed by atoms with van der Waals surface area (Å²) in [4.78, 5) is 18.3. The Bertz CT molecular complexity index is 261. The number of nitrogens with one attached hydrogen (secondary N) is 1. The first kappa shape index (κ1) is 9.64. The molecule has 1 N–H and O–H groups in total. The molecule has 0 amide bonds. The summed E-state index contributed by atoms with van der Waals surface area (Å²) in [5.41, 5.74) is 0.772. The average molecular weight is 179 g/mol. The second kappa shape index (κ2) is 4.54. The van der Waals surface area contributed by atoms with Crippen LogP contribution >= 0.6 is 0 Å². The van der Waals surface area contributed by atoms with E-state index in [-0.39, 0.29) is 12.0 Å². The molecule has 0 aliphatic carbocycles. The van der Waals surface area contributed by atoms with Crippen LogP contribution in [0.1, 0.15) is 13.8 Å². The molecular formula is C9H13N3O. The Morgan fingerprint density at radius 3 is 2.46 bits per heavy atom. The van der Waals surface area contributed by atoms with Gasteiger partial charge in [-0.15, -0.1) is 0 Å². The van der Waals surface area contributed by atoms with E-state index in [1.165, 1.54) is 6.33 Å². The highest BCUT2D eigenvalue weighted by Gasteiger charge is 2.11. The van der Waals surface area contributed by atoms with Crippen molar-refractivity contribution in [3.8, 4) is 0 Å². The van der Waals surface area contributed by atoms with Gasteiger partial charge in [0, 0.05) is 0 Å². The third-order valence-electron chi connectivity index (χ3n) is 1.76. The monoisotopic (exact) mass is 179 g/mol. The van der Waals surface area contributed by atoms with Gasteiger partial charge in [0.1, 0.15) is 12.6 Å². The lowest BCUT2D eigenvalue weighted by atomic mass is 10.1. The maximum atomic E-state index is 10.6. The van der Waals surface area contributed by atoms with Crippen molar-refractivity contribution in [1.29, 1.82) is 0 Å². The maximum absolute atomic E-state index is 10.6. The number of anilines is 1. The zero-order chi connectivity index (χ0) is 9.68. The van der Waals surface area contributed by atoms with E-state index in [9.17, 15) is 4.79 Å². The normalized spacial score (nSPS) is 12.5. The van der Waals surface area contributed by atoms with E-state index in [1.807, 2.05) is 13.8 Å². The van der Waals surface area contributed by atoms with Crippen molar-refractivity contribution in [2.75, 3.05) is 5.32 Å². The number of aromatic nitrogens is 2. The standard InChI is InChI=1S/C9H13N3O/c1-7(2)9(5-13)12-8-3-10-6-11-4-8/h3-7,9,12H,1-2H3. The lowest BCUT2D eigenvalue weighted by Gasteiger charge is -2.16. The third kappa shape index (κ3) is 2.82. The lowest BCUT2D eigenvalue weighted by Crippen LogP contribution is -2.27. The molecule has 0 aromatic carbocycles. The minimum atomic E-state index is -0.175.